The Balaban J connectivity index is 1.49. The maximum Gasteiger partial charge on any atom is 0.401 e. The van der Waals surface area contributed by atoms with Gasteiger partial charge < -0.3 is 9.72 Å². The van der Waals surface area contributed by atoms with Crippen molar-refractivity contribution in [2.75, 3.05) is 11.9 Å². The topological polar surface area (TPSA) is 75.7 Å². The fourth-order valence-corrected chi connectivity index (χ4v) is 4.53. The van der Waals surface area contributed by atoms with Crippen LogP contribution in [0.5, 0.6) is 0 Å². The highest BCUT2D eigenvalue weighted by molar-refractivity contribution is 5.91. The van der Waals surface area contributed by atoms with E-state index in [1.54, 1.807) is 18.5 Å². The van der Waals surface area contributed by atoms with Crippen LogP contribution in [0.2, 0.25) is 0 Å². The highest BCUT2D eigenvalue weighted by Crippen LogP contribution is 2.40. The molecule has 3 aromatic heterocycles. The van der Waals surface area contributed by atoms with Crippen LogP contribution in [-0.4, -0.2) is 38.7 Å². The van der Waals surface area contributed by atoms with Crippen molar-refractivity contribution in [2.24, 2.45) is 4.99 Å². The molecule has 1 atom stereocenters. The van der Waals surface area contributed by atoms with Gasteiger partial charge in [0.1, 0.15) is 11.5 Å². The molecule has 7 nitrogen and oxygen atoms in total. The summed E-state index contributed by atoms with van der Waals surface area (Å²) in [5.41, 5.74) is 4.01. The van der Waals surface area contributed by atoms with Gasteiger partial charge in [-0.25, -0.2) is 4.98 Å². The third kappa shape index (κ3) is 4.17. The Labute approximate surface area is 204 Å². The fourth-order valence-electron chi connectivity index (χ4n) is 4.53. The lowest BCUT2D eigenvalue weighted by Crippen LogP contribution is -2.53. The number of nitrogens with one attached hydrogen (secondary N) is 2. The van der Waals surface area contributed by atoms with Crippen molar-refractivity contribution < 1.29 is 13.2 Å². The maximum absolute atomic E-state index is 13.9. The summed E-state index contributed by atoms with van der Waals surface area (Å²) in [4.78, 5) is 22.5. The van der Waals surface area contributed by atoms with Gasteiger partial charge in [-0.2, -0.15) is 13.2 Å². The molecule has 10 heteroatoms. The summed E-state index contributed by atoms with van der Waals surface area (Å²) in [6.07, 6.45) is 4.71. The van der Waals surface area contributed by atoms with Crippen LogP contribution in [0.1, 0.15) is 36.8 Å². The van der Waals surface area contributed by atoms with Gasteiger partial charge in [0, 0.05) is 41.5 Å². The number of hydrogen-bond donors (Lipinski definition) is 2. The number of pyridine rings is 2. The number of nitrogens with zero attached hydrogens (tertiary/aromatic N) is 4. The van der Waals surface area contributed by atoms with Crippen LogP contribution >= 0.6 is 0 Å². The molecule has 1 aliphatic heterocycles. The highest BCUT2D eigenvalue weighted by Gasteiger charge is 2.35. The Morgan fingerprint density at radius 2 is 1.94 bits per heavy atom. The van der Waals surface area contributed by atoms with Crippen molar-refractivity contribution in [3.8, 4) is 16.8 Å². The molecule has 36 heavy (non-hydrogen) atoms. The van der Waals surface area contributed by atoms with E-state index in [1.807, 2.05) is 47.0 Å². The van der Waals surface area contributed by atoms with Gasteiger partial charge in [0.05, 0.1) is 12.2 Å². The van der Waals surface area contributed by atoms with Gasteiger partial charge in [-0.15, -0.1) is 0 Å². The summed E-state index contributed by atoms with van der Waals surface area (Å²) in [5, 5.41) is 5.46. The number of anilines is 1. The van der Waals surface area contributed by atoms with Gasteiger partial charge in [0.15, 0.2) is 5.79 Å². The minimum absolute atomic E-state index is 0.298. The van der Waals surface area contributed by atoms with Crippen molar-refractivity contribution in [1.82, 2.24) is 19.3 Å². The van der Waals surface area contributed by atoms with Crippen LogP contribution in [0, 0.1) is 0 Å². The van der Waals surface area contributed by atoms with E-state index < -0.39 is 18.5 Å². The molecule has 1 aromatic carbocycles. The van der Waals surface area contributed by atoms with Gasteiger partial charge in [-0.1, -0.05) is 12.1 Å². The maximum atomic E-state index is 13.9. The van der Waals surface area contributed by atoms with Gasteiger partial charge in [-0.05, 0) is 61.6 Å². The number of alkyl halides is 3. The normalized spacial score (nSPS) is 19.3. The molecule has 0 saturated heterocycles. The predicted molar refractivity (Wildman–Crippen MR) is 132 cm³/mol. The molecule has 2 aliphatic rings. The quantitative estimate of drug-likeness (QED) is 0.424. The lowest BCUT2D eigenvalue weighted by molar-refractivity contribution is -0.127. The van der Waals surface area contributed by atoms with E-state index in [0.717, 1.165) is 18.5 Å². The first-order valence-electron chi connectivity index (χ1n) is 11.7. The Morgan fingerprint density at radius 3 is 2.67 bits per heavy atom. The van der Waals surface area contributed by atoms with E-state index in [4.69, 9.17) is 0 Å². The lowest BCUT2D eigenvalue weighted by Gasteiger charge is -2.34. The molecule has 0 spiro atoms. The molecule has 4 aromatic rings. The minimum atomic E-state index is -4.41. The first-order chi connectivity index (χ1) is 17.2. The molecule has 0 unspecified atom stereocenters. The van der Waals surface area contributed by atoms with E-state index >= 15 is 0 Å². The van der Waals surface area contributed by atoms with Gasteiger partial charge in [0.25, 0.3) is 5.56 Å². The molecule has 184 valence electrons. The highest BCUT2D eigenvalue weighted by atomic mass is 19.4. The number of benzene rings is 1. The zero-order chi connectivity index (χ0) is 25.1. The average molecular weight is 493 g/mol. The number of imidazole rings is 1. The predicted octanol–water partition coefficient (Wildman–Crippen LogP) is 4.70. The molecule has 0 radical (unpaired) electrons. The summed E-state index contributed by atoms with van der Waals surface area (Å²) in [6, 6.07) is 13.1. The second-order valence-electron chi connectivity index (χ2n) is 9.40. The molecule has 0 amide bonds. The van der Waals surface area contributed by atoms with E-state index in [2.05, 4.69) is 20.6 Å². The van der Waals surface area contributed by atoms with Crippen LogP contribution in [0.15, 0.2) is 70.8 Å². The Morgan fingerprint density at radius 1 is 1.17 bits per heavy atom. The molecular weight excluding hydrogens is 469 g/mol. The molecule has 0 bridgehead atoms. The number of fused-ring (bicyclic) bond motifs is 2. The van der Waals surface area contributed by atoms with Crippen LogP contribution in [0.25, 0.3) is 22.5 Å². The van der Waals surface area contributed by atoms with E-state index in [1.165, 1.54) is 23.3 Å². The zero-order valence-corrected chi connectivity index (χ0v) is 19.4. The third-order valence-electron chi connectivity index (χ3n) is 6.59. The molecule has 1 aliphatic carbocycles. The lowest BCUT2D eigenvalue weighted by atomic mass is 10.0. The molecule has 2 N–H and O–H groups in total. The number of halogens is 3. The van der Waals surface area contributed by atoms with E-state index in [0.29, 0.717) is 34.1 Å². The van der Waals surface area contributed by atoms with Crippen molar-refractivity contribution in [3.63, 3.8) is 0 Å². The molecule has 1 fully saturated rings. The Bertz CT molecular complexity index is 1550. The number of aliphatic imine (C=N–C) groups is 1. The summed E-state index contributed by atoms with van der Waals surface area (Å²) in [7, 11) is 0. The minimum Gasteiger partial charge on any atom is -0.334 e. The van der Waals surface area contributed by atoms with E-state index in [-0.39, 0.29) is 5.56 Å². The van der Waals surface area contributed by atoms with Gasteiger partial charge in [0.2, 0.25) is 0 Å². The fraction of sp³-hybridized carbons (Fsp3) is 0.269. The van der Waals surface area contributed by atoms with Crippen LogP contribution in [0.4, 0.5) is 19.0 Å². The average Bonchev–Trinajstić information content (AvgIpc) is 3.59. The van der Waals surface area contributed by atoms with Gasteiger partial charge >= 0.3 is 6.18 Å². The number of rotatable bonds is 5. The summed E-state index contributed by atoms with van der Waals surface area (Å²) >= 11 is 0. The first kappa shape index (κ1) is 22.5. The van der Waals surface area contributed by atoms with Crippen molar-refractivity contribution >= 4 is 17.7 Å². The molecule has 4 heterocycles. The first-order valence-corrected chi connectivity index (χ1v) is 11.7. The summed E-state index contributed by atoms with van der Waals surface area (Å²) in [6.45, 7) is 0.274. The van der Waals surface area contributed by atoms with Crippen LogP contribution in [0.3, 0.4) is 0 Å². The second-order valence-corrected chi connectivity index (χ2v) is 9.40. The second kappa shape index (κ2) is 8.06. The molecular formula is C26H23F3N6O. The van der Waals surface area contributed by atoms with Crippen molar-refractivity contribution in [2.45, 2.75) is 37.6 Å². The monoisotopic (exact) mass is 492 g/mol. The van der Waals surface area contributed by atoms with Gasteiger partial charge in [-0.3, -0.25) is 19.7 Å². The van der Waals surface area contributed by atoms with Crippen LogP contribution in [-0.2, 0) is 0 Å². The smallest absolute Gasteiger partial charge is 0.334 e. The van der Waals surface area contributed by atoms with Crippen LogP contribution < -0.4 is 16.2 Å². The third-order valence-corrected chi connectivity index (χ3v) is 6.59. The SMILES string of the molecule is C[C@]1(NCC(F)(F)F)N=Cc2cc(-c3ccc4nccn4c3)c(=O)n(-c3ccc(C4CC4)cc3)c2N1. The molecule has 6 rings (SSSR count). The number of aromatic nitrogens is 3. The summed E-state index contributed by atoms with van der Waals surface area (Å²) in [5.74, 6) is -0.515. The molecule has 1 saturated carbocycles. The standard InChI is InChI=1S/C26H23F3N6O/c1-25(32-15-26(27,28)29)31-13-19-12-21(18-6-9-22-30-10-11-34(22)14-18)24(36)35(23(19)33-25)20-7-4-17(5-8-20)16-2-3-16/h4-14,16,32-33H,2-3,15H2,1H3/t25-/m1/s1. The number of hydrogen-bond acceptors (Lipinski definition) is 5. The van der Waals surface area contributed by atoms with E-state index in [9.17, 15) is 18.0 Å². The van der Waals surface area contributed by atoms with Crippen molar-refractivity contribution in [3.05, 3.63) is 82.5 Å². The largest absolute Gasteiger partial charge is 0.401 e. The zero-order valence-electron chi connectivity index (χ0n) is 19.4. The Kier molecular flexibility index (Phi) is 5.04. The summed E-state index contributed by atoms with van der Waals surface area (Å²) < 4.78 is 42.1. The Hall–Kier alpha value is -3.92. The van der Waals surface area contributed by atoms with Crippen molar-refractivity contribution in [1.29, 1.82) is 0 Å².